The minimum atomic E-state index is 0.456. The first-order valence-corrected chi connectivity index (χ1v) is 5.03. The van der Waals surface area contributed by atoms with Crippen molar-refractivity contribution < 1.29 is 0 Å². The van der Waals surface area contributed by atoms with E-state index in [0.717, 1.165) is 17.8 Å². The molecule has 2 aromatic rings. The van der Waals surface area contributed by atoms with Crippen molar-refractivity contribution in [1.29, 1.82) is 0 Å². The van der Waals surface area contributed by atoms with E-state index in [-0.39, 0.29) is 0 Å². The van der Waals surface area contributed by atoms with E-state index in [1.54, 1.807) is 16.9 Å². The van der Waals surface area contributed by atoms with Gasteiger partial charge in [0.05, 0.1) is 5.69 Å². The Bertz CT molecular complexity index is 478. The Morgan fingerprint density at radius 1 is 1.47 bits per heavy atom. The molecule has 0 unspecified atom stereocenters. The summed E-state index contributed by atoms with van der Waals surface area (Å²) >= 11 is 5.80. The van der Waals surface area contributed by atoms with Crippen LogP contribution in [0.15, 0.2) is 24.4 Å². The van der Waals surface area contributed by atoms with E-state index in [9.17, 15) is 0 Å². The van der Waals surface area contributed by atoms with Crippen LogP contribution in [-0.2, 0) is 6.54 Å². The summed E-state index contributed by atoms with van der Waals surface area (Å²) in [4.78, 5) is 3.91. The molecule has 2 N–H and O–H groups in total. The van der Waals surface area contributed by atoms with Gasteiger partial charge in [-0.15, -0.1) is 0 Å². The molecule has 2 heterocycles. The molecule has 0 fully saturated rings. The molecule has 78 valence electrons. The number of rotatable bonds is 2. The number of nitrogen functional groups attached to an aromatic ring is 1. The molecule has 0 radical (unpaired) electrons. The Balaban J connectivity index is 2.45. The van der Waals surface area contributed by atoms with E-state index >= 15 is 0 Å². The van der Waals surface area contributed by atoms with Crippen molar-refractivity contribution in [2.24, 2.45) is 0 Å². The molecular formula is C10H11ClN4. The van der Waals surface area contributed by atoms with Gasteiger partial charge in [-0.05, 0) is 19.1 Å². The van der Waals surface area contributed by atoms with Gasteiger partial charge in [0, 0.05) is 24.4 Å². The highest BCUT2D eigenvalue weighted by Gasteiger charge is 2.06. The van der Waals surface area contributed by atoms with Gasteiger partial charge < -0.3 is 5.73 Å². The average molecular weight is 223 g/mol. The quantitative estimate of drug-likeness (QED) is 0.793. The Kier molecular flexibility index (Phi) is 2.60. The molecule has 5 heteroatoms. The molecule has 0 aromatic carbocycles. The lowest BCUT2D eigenvalue weighted by atomic mass is 10.2. The van der Waals surface area contributed by atoms with Gasteiger partial charge in [0.1, 0.15) is 11.0 Å². The summed E-state index contributed by atoms with van der Waals surface area (Å²) in [5, 5.41) is 4.80. The predicted molar refractivity (Wildman–Crippen MR) is 60.6 cm³/mol. The van der Waals surface area contributed by atoms with Gasteiger partial charge in [0.15, 0.2) is 0 Å². The fourth-order valence-corrected chi connectivity index (χ4v) is 1.56. The predicted octanol–water partition coefficient (Wildman–Crippen LogP) is 2.20. The van der Waals surface area contributed by atoms with E-state index in [1.807, 2.05) is 19.1 Å². The van der Waals surface area contributed by atoms with Gasteiger partial charge in [-0.1, -0.05) is 11.6 Å². The van der Waals surface area contributed by atoms with Crippen LogP contribution in [0, 0.1) is 0 Å². The maximum atomic E-state index is 5.80. The molecule has 0 atom stereocenters. The van der Waals surface area contributed by atoms with Crippen LogP contribution in [0.5, 0.6) is 0 Å². The summed E-state index contributed by atoms with van der Waals surface area (Å²) in [5.41, 5.74) is 7.52. The SMILES string of the molecule is CCn1nc(-c2ccnc(Cl)c2)cc1N. The number of anilines is 1. The second-order valence-electron chi connectivity index (χ2n) is 3.14. The first kappa shape index (κ1) is 9.98. The maximum absolute atomic E-state index is 5.80. The third-order valence-electron chi connectivity index (χ3n) is 2.13. The molecule has 0 saturated heterocycles. The average Bonchev–Trinajstić information content (AvgIpc) is 2.60. The lowest BCUT2D eigenvalue weighted by molar-refractivity contribution is 0.672. The molecule has 2 aromatic heterocycles. The lowest BCUT2D eigenvalue weighted by Gasteiger charge is -1.97. The molecule has 0 amide bonds. The first-order valence-electron chi connectivity index (χ1n) is 4.66. The van der Waals surface area contributed by atoms with Crippen molar-refractivity contribution in [3.05, 3.63) is 29.5 Å². The van der Waals surface area contributed by atoms with Gasteiger partial charge in [-0.3, -0.25) is 0 Å². The number of aromatic nitrogens is 3. The van der Waals surface area contributed by atoms with E-state index in [1.165, 1.54) is 0 Å². The monoisotopic (exact) mass is 222 g/mol. The molecule has 2 rings (SSSR count). The minimum Gasteiger partial charge on any atom is -0.384 e. The maximum Gasteiger partial charge on any atom is 0.129 e. The summed E-state index contributed by atoms with van der Waals surface area (Å²) in [5.74, 6) is 0.653. The smallest absolute Gasteiger partial charge is 0.129 e. The lowest BCUT2D eigenvalue weighted by Crippen LogP contribution is -2.01. The van der Waals surface area contributed by atoms with Crippen LogP contribution in [-0.4, -0.2) is 14.8 Å². The zero-order valence-electron chi connectivity index (χ0n) is 8.31. The molecule has 15 heavy (non-hydrogen) atoms. The fourth-order valence-electron chi connectivity index (χ4n) is 1.39. The zero-order chi connectivity index (χ0) is 10.8. The Morgan fingerprint density at radius 2 is 2.27 bits per heavy atom. The zero-order valence-corrected chi connectivity index (χ0v) is 9.07. The van der Waals surface area contributed by atoms with Gasteiger partial charge in [-0.25, -0.2) is 9.67 Å². The minimum absolute atomic E-state index is 0.456. The van der Waals surface area contributed by atoms with Crippen LogP contribution in [0.2, 0.25) is 5.15 Å². The van der Waals surface area contributed by atoms with E-state index < -0.39 is 0 Å². The highest BCUT2D eigenvalue weighted by Crippen LogP contribution is 2.21. The topological polar surface area (TPSA) is 56.7 Å². The van der Waals surface area contributed by atoms with Crippen molar-refractivity contribution in [2.75, 3.05) is 5.73 Å². The third kappa shape index (κ3) is 1.94. The number of pyridine rings is 1. The van der Waals surface area contributed by atoms with E-state index in [4.69, 9.17) is 17.3 Å². The Labute approximate surface area is 92.7 Å². The Morgan fingerprint density at radius 3 is 2.87 bits per heavy atom. The summed E-state index contributed by atoms with van der Waals surface area (Å²) in [6.07, 6.45) is 1.65. The number of hydrogen-bond acceptors (Lipinski definition) is 3. The van der Waals surface area contributed by atoms with Crippen LogP contribution < -0.4 is 5.73 Å². The first-order chi connectivity index (χ1) is 7.20. The Hall–Kier alpha value is -1.55. The van der Waals surface area contributed by atoms with Gasteiger partial charge >= 0.3 is 0 Å². The third-order valence-corrected chi connectivity index (χ3v) is 2.34. The normalized spacial score (nSPS) is 10.5. The summed E-state index contributed by atoms with van der Waals surface area (Å²) in [6, 6.07) is 5.45. The van der Waals surface area contributed by atoms with Crippen LogP contribution in [0.1, 0.15) is 6.92 Å². The summed E-state index contributed by atoms with van der Waals surface area (Å²) < 4.78 is 1.74. The number of nitrogens with zero attached hydrogens (tertiary/aromatic N) is 3. The second-order valence-corrected chi connectivity index (χ2v) is 3.52. The second kappa shape index (κ2) is 3.90. The van der Waals surface area contributed by atoms with Gasteiger partial charge in [-0.2, -0.15) is 5.10 Å². The van der Waals surface area contributed by atoms with Crippen molar-refractivity contribution in [3.63, 3.8) is 0 Å². The van der Waals surface area contributed by atoms with Crippen molar-refractivity contribution in [3.8, 4) is 11.3 Å². The highest BCUT2D eigenvalue weighted by molar-refractivity contribution is 6.29. The van der Waals surface area contributed by atoms with E-state index in [2.05, 4.69) is 10.1 Å². The fraction of sp³-hybridized carbons (Fsp3) is 0.200. The van der Waals surface area contributed by atoms with Crippen LogP contribution in [0.3, 0.4) is 0 Å². The number of aryl methyl sites for hydroxylation is 1. The molecule has 0 aliphatic rings. The molecule has 0 bridgehead atoms. The number of nitrogens with two attached hydrogens (primary N) is 1. The van der Waals surface area contributed by atoms with E-state index in [0.29, 0.717) is 11.0 Å². The van der Waals surface area contributed by atoms with Crippen molar-refractivity contribution >= 4 is 17.4 Å². The standard InChI is InChI=1S/C10H11ClN4/c1-2-15-10(12)6-8(14-15)7-3-4-13-9(11)5-7/h3-6H,2,12H2,1H3. The van der Waals surface area contributed by atoms with Gasteiger partial charge in [0.2, 0.25) is 0 Å². The molecule has 0 spiro atoms. The van der Waals surface area contributed by atoms with Crippen molar-refractivity contribution in [2.45, 2.75) is 13.5 Å². The van der Waals surface area contributed by atoms with Crippen LogP contribution >= 0.6 is 11.6 Å². The number of halogens is 1. The largest absolute Gasteiger partial charge is 0.384 e. The van der Waals surface area contributed by atoms with Crippen LogP contribution in [0.4, 0.5) is 5.82 Å². The summed E-state index contributed by atoms with van der Waals surface area (Å²) in [7, 11) is 0. The molecular weight excluding hydrogens is 212 g/mol. The summed E-state index contributed by atoms with van der Waals surface area (Å²) in [6.45, 7) is 2.75. The highest BCUT2D eigenvalue weighted by atomic mass is 35.5. The van der Waals surface area contributed by atoms with Gasteiger partial charge in [0.25, 0.3) is 0 Å². The molecule has 0 aliphatic heterocycles. The van der Waals surface area contributed by atoms with Crippen molar-refractivity contribution in [1.82, 2.24) is 14.8 Å². The number of hydrogen-bond donors (Lipinski definition) is 1. The molecule has 0 aliphatic carbocycles. The molecule has 4 nitrogen and oxygen atoms in total. The molecule has 0 saturated carbocycles. The van der Waals surface area contributed by atoms with Crippen LogP contribution in [0.25, 0.3) is 11.3 Å².